The van der Waals surface area contributed by atoms with Crippen LogP contribution in [0.15, 0.2) is 4.52 Å². The quantitative estimate of drug-likeness (QED) is 0.833. The molecule has 0 amide bonds. The van der Waals surface area contributed by atoms with E-state index in [4.69, 9.17) is 9.63 Å². The summed E-state index contributed by atoms with van der Waals surface area (Å²) in [4.78, 5) is 16.9. The number of carbonyl (C=O) groups is 1. The molecule has 0 atom stereocenters. The normalized spacial score (nSPS) is 12.1. The zero-order valence-corrected chi connectivity index (χ0v) is 11.4. The van der Waals surface area contributed by atoms with Crippen molar-refractivity contribution in [1.29, 1.82) is 0 Å². The smallest absolute Gasteiger partial charge is 0.304 e. The van der Waals surface area contributed by atoms with E-state index in [1.165, 1.54) is 0 Å². The summed E-state index contributed by atoms with van der Waals surface area (Å²) in [5.74, 6) is 0.413. The molecule has 0 radical (unpaired) electrons. The van der Waals surface area contributed by atoms with Crippen LogP contribution >= 0.6 is 0 Å². The number of nitrogens with zero attached hydrogens (tertiary/aromatic N) is 3. The van der Waals surface area contributed by atoms with Gasteiger partial charge in [0, 0.05) is 18.5 Å². The molecule has 0 saturated heterocycles. The minimum Gasteiger partial charge on any atom is -0.481 e. The summed E-state index contributed by atoms with van der Waals surface area (Å²) in [6.45, 7) is 9.03. The summed E-state index contributed by atoms with van der Waals surface area (Å²) in [5.41, 5.74) is -0.136. The van der Waals surface area contributed by atoms with Gasteiger partial charge in [0.25, 0.3) is 0 Å². The highest BCUT2D eigenvalue weighted by molar-refractivity contribution is 5.66. The zero-order valence-electron chi connectivity index (χ0n) is 11.4. The molecule has 1 aromatic heterocycles. The topological polar surface area (TPSA) is 79.5 Å². The maximum absolute atomic E-state index is 10.7. The second kappa shape index (κ2) is 5.95. The summed E-state index contributed by atoms with van der Waals surface area (Å²) < 4.78 is 5.05. The molecular weight excluding hydrogens is 234 g/mol. The average Bonchev–Trinajstić information content (AvgIpc) is 2.70. The molecule has 1 N–H and O–H groups in total. The summed E-state index contributed by atoms with van der Waals surface area (Å²) in [6, 6.07) is 0. The fraction of sp³-hybridized carbons (Fsp3) is 0.750. The van der Waals surface area contributed by atoms with Crippen LogP contribution in [0.5, 0.6) is 0 Å². The van der Waals surface area contributed by atoms with Crippen LogP contribution in [-0.2, 0) is 17.8 Å². The molecule has 0 spiro atoms. The molecule has 1 rings (SSSR count). The Bertz CT molecular complexity index is 396. The molecule has 6 heteroatoms. The Morgan fingerprint density at radius 2 is 2.11 bits per heavy atom. The zero-order chi connectivity index (χ0) is 13.8. The van der Waals surface area contributed by atoms with E-state index >= 15 is 0 Å². The lowest BCUT2D eigenvalue weighted by atomic mass is 10.1. The summed E-state index contributed by atoms with van der Waals surface area (Å²) >= 11 is 0. The SMILES string of the molecule is CCc1nc(CN(CCC(=O)O)C(C)(C)C)no1. The van der Waals surface area contributed by atoms with Gasteiger partial charge in [-0.1, -0.05) is 12.1 Å². The second-order valence-corrected chi connectivity index (χ2v) is 5.19. The third-order valence-corrected chi connectivity index (χ3v) is 2.69. The van der Waals surface area contributed by atoms with Crippen molar-refractivity contribution in [2.45, 2.75) is 52.6 Å². The van der Waals surface area contributed by atoms with Gasteiger partial charge in [0.1, 0.15) is 0 Å². The van der Waals surface area contributed by atoms with Crippen LogP contribution in [0.1, 0.15) is 45.8 Å². The highest BCUT2D eigenvalue weighted by Crippen LogP contribution is 2.16. The van der Waals surface area contributed by atoms with Gasteiger partial charge in [-0.3, -0.25) is 9.69 Å². The van der Waals surface area contributed by atoms with E-state index < -0.39 is 5.97 Å². The van der Waals surface area contributed by atoms with Crippen LogP contribution in [0.4, 0.5) is 0 Å². The number of aryl methyl sites for hydroxylation is 1. The number of hydrogen-bond donors (Lipinski definition) is 1. The molecule has 0 aromatic carbocycles. The third kappa shape index (κ3) is 4.44. The maximum atomic E-state index is 10.7. The molecule has 6 nitrogen and oxygen atoms in total. The number of aromatic nitrogens is 2. The van der Waals surface area contributed by atoms with Crippen molar-refractivity contribution in [2.75, 3.05) is 6.54 Å². The predicted molar refractivity (Wildman–Crippen MR) is 66.1 cm³/mol. The van der Waals surface area contributed by atoms with Crippen LogP contribution in [0.25, 0.3) is 0 Å². The molecule has 0 aliphatic heterocycles. The highest BCUT2D eigenvalue weighted by Gasteiger charge is 2.23. The van der Waals surface area contributed by atoms with E-state index in [1.54, 1.807) is 0 Å². The third-order valence-electron chi connectivity index (χ3n) is 2.69. The van der Waals surface area contributed by atoms with Gasteiger partial charge in [-0.25, -0.2) is 0 Å². The van der Waals surface area contributed by atoms with E-state index in [-0.39, 0.29) is 12.0 Å². The van der Waals surface area contributed by atoms with Crippen molar-refractivity contribution in [3.8, 4) is 0 Å². The molecule has 18 heavy (non-hydrogen) atoms. The van der Waals surface area contributed by atoms with E-state index in [9.17, 15) is 4.79 Å². The van der Waals surface area contributed by atoms with Gasteiger partial charge >= 0.3 is 5.97 Å². The van der Waals surface area contributed by atoms with E-state index in [1.807, 2.05) is 32.6 Å². The van der Waals surface area contributed by atoms with Crippen LogP contribution in [0.2, 0.25) is 0 Å². The minimum absolute atomic E-state index is 0.107. The van der Waals surface area contributed by atoms with Gasteiger partial charge in [-0.2, -0.15) is 4.98 Å². The van der Waals surface area contributed by atoms with Gasteiger partial charge in [0.2, 0.25) is 5.89 Å². The lowest BCUT2D eigenvalue weighted by molar-refractivity contribution is -0.137. The van der Waals surface area contributed by atoms with Crippen molar-refractivity contribution in [3.05, 3.63) is 11.7 Å². The molecule has 1 heterocycles. The van der Waals surface area contributed by atoms with E-state index in [2.05, 4.69) is 10.1 Å². The molecule has 1 aromatic rings. The van der Waals surface area contributed by atoms with Crippen LogP contribution in [-0.4, -0.2) is 38.2 Å². The van der Waals surface area contributed by atoms with Gasteiger partial charge in [-0.15, -0.1) is 0 Å². The van der Waals surface area contributed by atoms with Crippen molar-refractivity contribution >= 4 is 5.97 Å². The van der Waals surface area contributed by atoms with Crippen molar-refractivity contribution in [2.24, 2.45) is 0 Å². The Balaban J connectivity index is 2.68. The number of rotatable bonds is 6. The number of aliphatic carboxylic acids is 1. The lowest BCUT2D eigenvalue weighted by Crippen LogP contribution is -2.42. The standard InChI is InChI=1S/C12H21N3O3/c1-5-10-13-9(14-18-10)8-15(12(2,3)4)7-6-11(16)17/h5-8H2,1-4H3,(H,16,17). The molecule has 0 fully saturated rings. The number of carboxylic acids is 1. The first-order valence-electron chi connectivity index (χ1n) is 6.11. The first kappa shape index (κ1) is 14.6. The highest BCUT2D eigenvalue weighted by atomic mass is 16.5. The fourth-order valence-corrected chi connectivity index (χ4v) is 1.55. The van der Waals surface area contributed by atoms with Crippen LogP contribution in [0.3, 0.4) is 0 Å². The summed E-state index contributed by atoms with van der Waals surface area (Å²) in [7, 11) is 0. The maximum Gasteiger partial charge on any atom is 0.304 e. The molecule has 0 unspecified atom stereocenters. The largest absolute Gasteiger partial charge is 0.481 e. The summed E-state index contributed by atoms with van der Waals surface area (Å²) in [6.07, 6.45) is 0.813. The van der Waals surface area contributed by atoms with Crippen LogP contribution < -0.4 is 0 Å². The fourth-order valence-electron chi connectivity index (χ4n) is 1.55. The first-order valence-corrected chi connectivity index (χ1v) is 6.11. The Morgan fingerprint density at radius 3 is 2.56 bits per heavy atom. The monoisotopic (exact) mass is 255 g/mol. The van der Waals surface area contributed by atoms with Crippen molar-refractivity contribution in [1.82, 2.24) is 15.0 Å². The second-order valence-electron chi connectivity index (χ2n) is 5.19. The Hall–Kier alpha value is -1.43. The van der Waals surface area contributed by atoms with Crippen molar-refractivity contribution in [3.63, 3.8) is 0 Å². The van der Waals surface area contributed by atoms with E-state index in [0.717, 1.165) is 0 Å². The molecule has 0 aliphatic rings. The van der Waals surface area contributed by atoms with Gasteiger partial charge in [0.05, 0.1) is 13.0 Å². The predicted octanol–water partition coefficient (Wildman–Crippen LogP) is 1.71. The summed E-state index contributed by atoms with van der Waals surface area (Å²) in [5, 5.41) is 12.7. The number of carboxylic acid groups (broad SMARTS) is 1. The molecule has 102 valence electrons. The Kier molecular flexibility index (Phi) is 4.84. The molecule has 0 saturated carbocycles. The van der Waals surface area contributed by atoms with E-state index in [0.29, 0.717) is 31.2 Å². The Labute approximate surface area is 107 Å². The molecule has 0 aliphatic carbocycles. The van der Waals surface area contributed by atoms with Gasteiger partial charge in [0.15, 0.2) is 5.82 Å². The van der Waals surface area contributed by atoms with Crippen molar-refractivity contribution < 1.29 is 14.4 Å². The Morgan fingerprint density at radius 1 is 1.44 bits per heavy atom. The number of hydrogen-bond acceptors (Lipinski definition) is 5. The van der Waals surface area contributed by atoms with Gasteiger partial charge in [-0.05, 0) is 20.8 Å². The van der Waals surface area contributed by atoms with Gasteiger partial charge < -0.3 is 9.63 Å². The minimum atomic E-state index is -0.799. The average molecular weight is 255 g/mol. The molecule has 0 bridgehead atoms. The lowest BCUT2D eigenvalue weighted by Gasteiger charge is -2.34. The molecular formula is C12H21N3O3. The van der Waals surface area contributed by atoms with Crippen LogP contribution in [0, 0.1) is 0 Å². The first-order chi connectivity index (χ1) is 8.32.